The van der Waals surface area contributed by atoms with Gasteiger partial charge in [0.05, 0.1) is 19.0 Å². The lowest BCUT2D eigenvalue weighted by atomic mass is 10.0. The van der Waals surface area contributed by atoms with E-state index in [0.29, 0.717) is 18.0 Å². The zero-order chi connectivity index (χ0) is 23.0. The van der Waals surface area contributed by atoms with Crippen LogP contribution in [0.2, 0.25) is 0 Å². The molecule has 1 aromatic heterocycles. The molecule has 32 heavy (non-hydrogen) atoms. The summed E-state index contributed by atoms with van der Waals surface area (Å²) in [5.41, 5.74) is 2.31. The lowest BCUT2D eigenvalue weighted by Crippen LogP contribution is -2.14. The highest BCUT2D eigenvalue weighted by Gasteiger charge is 2.15. The first-order chi connectivity index (χ1) is 15.6. The predicted octanol–water partition coefficient (Wildman–Crippen LogP) is 8.07. The summed E-state index contributed by atoms with van der Waals surface area (Å²) in [7, 11) is 0. The molecule has 2 rings (SSSR count). The Morgan fingerprint density at radius 3 is 2.09 bits per heavy atom. The Bertz CT molecular complexity index is 721. The van der Waals surface area contributed by atoms with Gasteiger partial charge in [0, 0.05) is 18.4 Å². The lowest BCUT2D eigenvalue weighted by Gasteiger charge is -2.12. The van der Waals surface area contributed by atoms with E-state index in [1.165, 1.54) is 44.1 Å². The average Bonchev–Trinajstić information content (AvgIpc) is 2.81. The van der Waals surface area contributed by atoms with Crippen molar-refractivity contribution in [2.75, 3.05) is 6.61 Å². The van der Waals surface area contributed by atoms with Crippen LogP contribution in [0.25, 0.3) is 11.4 Å². The summed E-state index contributed by atoms with van der Waals surface area (Å²) in [6, 6.07) is 8.41. The van der Waals surface area contributed by atoms with Gasteiger partial charge in [0.2, 0.25) is 0 Å². The minimum Gasteiger partial charge on any atom is -0.490 e. The fourth-order valence-electron chi connectivity index (χ4n) is 3.71. The molecule has 3 nitrogen and oxygen atoms in total. The topological polar surface area (TPSA) is 35.0 Å². The molecular formula is C27H40F2N2O. The molecule has 0 saturated heterocycles. The van der Waals surface area contributed by atoms with Gasteiger partial charge >= 0.3 is 0 Å². The van der Waals surface area contributed by atoms with E-state index >= 15 is 0 Å². The van der Waals surface area contributed by atoms with Gasteiger partial charge in [0.25, 0.3) is 0 Å². The van der Waals surface area contributed by atoms with Crippen LogP contribution in [0.15, 0.2) is 36.7 Å². The molecule has 1 aromatic carbocycles. The van der Waals surface area contributed by atoms with E-state index in [4.69, 9.17) is 4.74 Å². The SMILES string of the molecule is CCCCCCCCc1ccc(-c2ncc(OCCC(F)CC(F)CCCC)cn2)cc1. The minimum atomic E-state index is -1.18. The summed E-state index contributed by atoms with van der Waals surface area (Å²) in [5.74, 6) is 1.14. The third-order valence-electron chi connectivity index (χ3n) is 5.74. The molecule has 0 aliphatic rings. The number of aryl methyl sites for hydroxylation is 1. The molecule has 0 saturated carbocycles. The second-order valence-corrected chi connectivity index (χ2v) is 8.67. The number of benzene rings is 1. The van der Waals surface area contributed by atoms with Crippen LogP contribution >= 0.6 is 0 Å². The molecule has 2 atom stereocenters. The van der Waals surface area contributed by atoms with Crippen LogP contribution in [0.3, 0.4) is 0 Å². The van der Waals surface area contributed by atoms with Gasteiger partial charge in [0.15, 0.2) is 11.6 Å². The van der Waals surface area contributed by atoms with Crippen molar-refractivity contribution in [2.24, 2.45) is 0 Å². The van der Waals surface area contributed by atoms with Gasteiger partial charge in [-0.25, -0.2) is 18.7 Å². The van der Waals surface area contributed by atoms with Crippen molar-refractivity contribution < 1.29 is 13.5 Å². The molecule has 0 amide bonds. The highest BCUT2D eigenvalue weighted by atomic mass is 19.1. The van der Waals surface area contributed by atoms with Crippen LogP contribution < -0.4 is 4.74 Å². The van der Waals surface area contributed by atoms with Gasteiger partial charge in [-0.1, -0.05) is 83.1 Å². The second-order valence-electron chi connectivity index (χ2n) is 8.67. The number of rotatable bonds is 17. The van der Waals surface area contributed by atoms with Crippen molar-refractivity contribution in [3.63, 3.8) is 0 Å². The van der Waals surface area contributed by atoms with Crippen LogP contribution in [0.1, 0.15) is 90.0 Å². The number of nitrogens with zero attached hydrogens (tertiary/aromatic N) is 2. The number of unbranched alkanes of at least 4 members (excludes halogenated alkanes) is 6. The van der Waals surface area contributed by atoms with Gasteiger partial charge in [-0.2, -0.15) is 0 Å². The van der Waals surface area contributed by atoms with Gasteiger partial charge < -0.3 is 4.74 Å². The molecule has 5 heteroatoms. The number of alkyl halides is 2. The summed E-state index contributed by atoms with van der Waals surface area (Å²) in [6.07, 6.45) is 12.2. The summed E-state index contributed by atoms with van der Waals surface area (Å²) in [6.45, 7) is 4.44. The van der Waals surface area contributed by atoms with E-state index in [9.17, 15) is 8.78 Å². The Morgan fingerprint density at radius 1 is 0.781 bits per heavy atom. The van der Waals surface area contributed by atoms with E-state index in [1.807, 2.05) is 6.92 Å². The predicted molar refractivity (Wildman–Crippen MR) is 129 cm³/mol. The molecule has 0 aliphatic heterocycles. The van der Waals surface area contributed by atoms with Crippen molar-refractivity contribution in [1.29, 1.82) is 0 Å². The molecule has 2 aromatic rings. The van der Waals surface area contributed by atoms with E-state index in [0.717, 1.165) is 24.8 Å². The normalized spacial score (nSPS) is 13.1. The fourth-order valence-corrected chi connectivity index (χ4v) is 3.71. The monoisotopic (exact) mass is 446 g/mol. The Kier molecular flexibility index (Phi) is 12.9. The van der Waals surface area contributed by atoms with Gasteiger partial charge in [0.1, 0.15) is 12.3 Å². The summed E-state index contributed by atoms with van der Waals surface area (Å²) in [4.78, 5) is 8.75. The Morgan fingerprint density at radius 2 is 1.41 bits per heavy atom. The molecule has 1 heterocycles. The number of ether oxygens (including phenoxy) is 1. The van der Waals surface area contributed by atoms with Crippen LogP contribution in [-0.2, 0) is 6.42 Å². The van der Waals surface area contributed by atoms with E-state index in [2.05, 4.69) is 41.2 Å². The van der Waals surface area contributed by atoms with Crippen LogP contribution in [0, 0.1) is 0 Å². The minimum absolute atomic E-state index is 0.0480. The molecular weight excluding hydrogens is 406 g/mol. The van der Waals surface area contributed by atoms with Gasteiger partial charge in [-0.05, 0) is 24.8 Å². The van der Waals surface area contributed by atoms with E-state index < -0.39 is 12.3 Å². The van der Waals surface area contributed by atoms with Crippen LogP contribution in [-0.4, -0.2) is 28.9 Å². The van der Waals surface area contributed by atoms with E-state index in [-0.39, 0.29) is 19.4 Å². The van der Waals surface area contributed by atoms with Gasteiger partial charge in [-0.3, -0.25) is 0 Å². The van der Waals surface area contributed by atoms with Gasteiger partial charge in [-0.15, -0.1) is 0 Å². The third kappa shape index (κ3) is 10.5. The second kappa shape index (κ2) is 15.7. The first kappa shape index (κ1) is 26.2. The molecule has 0 bridgehead atoms. The molecule has 0 spiro atoms. The van der Waals surface area contributed by atoms with Crippen LogP contribution in [0.5, 0.6) is 5.75 Å². The largest absolute Gasteiger partial charge is 0.490 e. The first-order valence-electron chi connectivity index (χ1n) is 12.4. The van der Waals surface area contributed by atoms with Crippen molar-refractivity contribution in [3.8, 4) is 17.1 Å². The van der Waals surface area contributed by atoms with Crippen molar-refractivity contribution in [1.82, 2.24) is 9.97 Å². The maximum absolute atomic E-state index is 13.9. The zero-order valence-electron chi connectivity index (χ0n) is 19.9. The number of hydrogen-bond donors (Lipinski definition) is 0. The van der Waals surface area contributed by atoms with Crippen LogP contribution in [0.4, 0.5) is 8.78 Å². The standard InChI is InChI=1S/C27H40F2N2O/c1-3-5-7-8-9-10-11-22-13-15-23(16-14-22)27-30-20-26(21-31-27)32-18-17-25(29)19-24(28)12-6-4-2/h13-16,20-21,24-25H,3-12,17-19H2,1-2H3. The quantitative estimate of drug-likeness (QED) is 0.230. The molecule has 2 unspecified atom stereocenters. The van der Waals surface area contributed by atoms with Crippen molar-refractivity contribution in [2.45, 2.75) is 103 Å². The molecule has 0 fully saturated rings. The van der Waals surface area contributed by atoms with Crippen molar-refractivity contribution >= 4 is 0 Å². The molecule has 0 radical (unpaired) electrons. The summed E-state index contributed by atoms with van der Waals surface area (Å²) < 4.78 is 33.1. The average molecular weight is 447 g/mol. The lowest BCUT2D eigenvalue weighted by molar-refractivity contribution is 0.175. The third-order valence-corrected chi connectivity index (χ3v) is 5.74. The van der Waals surface area contributed by atoms with Crippen molar-refractivity contribution in [3.05, 3.63) is 42.2 Å². The van der Waals surface area contributed by atoms with E-state index in [1.54, 1.807) is 12.4 Å². The maximum Gasteiger partial charge on any atom is 0.159 e. The highest BCUT2D eigenvalue weighted by Crippen LogP contribution is 2.20. The fraction of sp³-hybridized carbons (Fsp3) is 0.630. The highest BCUT2D eigenvalue weighted by molar-refractivity contribution is 5.55. The molecule has 0 N–H and O–H groups in total. The Hall–Kier alpha value is -2.04. The summed E-state index contributed by atoms with van der Waals surface area (Å²) >= 11 is 0. The molecule has 0 aliphatic carbocycles. The number of hydrogen-bond acceptors (Lipinski definition) is 3. The Balaban J connectivity index is 1.70. The number of aromatic nitrogens is 2. The Labute approximate surface area is 193 Å². The maximum atomic E-state index is 13.9. The smallest absolute Gasteiger partial charge is 0.159 e. The first-order valence-corrected chi connectivity index (χ1v) is 12.4. The summed E-state index contributed by atoms with van der Waals surface area (Å²) in [5, 5.41) is 0. The molecule has 178 valence electrons. The zero-order valence-corrected chi connectivity index (χ0v) is 19.9. The number of halogens is 2.